The van der Waals surface area contributed by atoms with Gasteiger partial charge in [0.25, 0.3) is 12.3 Å². The molecule has 0 spiro atoms. The van der Waals surface area contributed by atoms with Crippen LogP contribution < -0.4 is 16.2 Å². The van der Waals surface area contributed by atoms with Crippen molar-refractivity contribution in [3.05, 3.63) is 95.1 Å². The summed E-state index contributed by atoms with van der Waals surface area (Å²) in [5, 5.41) is 20.6. The summed E-state index contributed by atoms with van der Waals surface area (Å²) in [7, 11) is 0. The summed E-state index contributed by atoms with van der Waals surface area (Å²) in [5.41, 5.74) is 3.71. The maximum atomic E-state index is 13.6. The summed E-state index contributed by atoms with van der Waals surface area (Å²) in [6, 6.07) is 13.9. The van der Waals surface area contributed by atoms with Crippen LogP contribution in [-0.2, 0) is 24.3 Å². The van der Waals surface area contributed by atoms with Gasteiger partial charge in [0, 0.05) is 59.3 Å². The number of carbonyl (C=O) groups is 1. The second-order valence-electron chi connectivity index (χ2n) is 10.2. The number of rotatable bonds is 10. The molecule has 11 nitrogen and oxygen atoms in total. The number of carbonyl (C=O) groups excluding carboxylic acids is 1. The Morgan fingerprint density at radius 1 is 1.17 bits per heavy atom. The third-order valence-corrected chi connectivity index (χ3v) is 7.43. The van der Waals surface area contributed by atoms with Gasteiger partial charge >= 0.3 is 0 Å². The summed E-state index contributed by atoms with van der Waals surface area (Å²) >= 11 is 0. The molecule has 1 aliphatic rings. The van der Waals surface area contributed by atoms with Crippen LogP contribution in [0.3, 0.4) is 0 Å². The molecule has 12 heteroatoms. The van der Waals surface area contributed by atoms with E-state index in [0.717, 1.165) is 41.2 Å². The van der Waals surface area contributed by atoms with Crippen LogP contribution in [0, 0.1) is 11.2 Å². The minimum atomic E-state index is -0.386. The third-order valence-electron chi connectivity index (χ3n) is 7.43. The fourth-order valence-corrected chi connectivity index (χ4v) is 5.07. The van der Waals surface area contributed by atoms with E-state index in [0.29, 0.717) is 17.8 Å². The SMILES string of the molecule is N#CB1CC(n2cc(-c3cnc(NCCc4ccccc4)c(=O)n3CC(=O)NCc3cc4cnccc4[nH]3)cn2)C1. The maximum absolute atomic E-state index is 13.6. The lowest BCUT2D eigenvalue weighted by atomic mass is 9.34. The van der Waals surface area contributed by atoms with Crippen molar-refractivity contribution in [2.24, 2.45) is 0 Å². The fraction of sp³-hybridized carbons (Fsp3) is 0.241. The van der Waals surface area contributed by atoms with E-state index in [4.69, 9.17) is 5.26 Å². The van der Waals surface area contributed by atoms with Gasteiger partial charge in [-0.15, -0.1) is 0 Å². The van der Waals surface area contributed by atoms with E-state index in [2.05, 4.69) is 36.7 Å². The molecule has 0 unspecified atom stereocenters. The number of hydrogen-bond donors (Lipinski definition) is 3. The van der Waals surface area contributed by atoms with Gasteiger partial charge in [0.05, 0.1) is 24.6 Å². The highest BCUT2D eigenvalue weighted by atomic mass is 16.2. The van der Waals surface area contributed by atoms with E-state index in [1.54, 1.807) is 24.8 Å². The number of nitrogens with one attached hydrogen (secondary N) is 3. The Kier molecular flexibility index (Phi) is 7.32. The number of hydrogen-bond acceptors (Lipinski definition) is 7. The molecular weight excluding hydrogens is 517 g/mol. The van der Waals surface area contributed by atoms with Crippen molar-refractivity contribution in [3.8, 4) is 17.2 Å². The van der Waals surface area contributed by atoms with Gasteiger partial charge in [0.15, 0.2) is 5.82 Å². The number of H-pyrrole nitrogens is 1. The van der Waals surface area contributed by atoms with Crippen LogP contribution in [-0.4, -0.2) is 48.5 Å². The number of nitriles is 1. The Hall–Kier alpha value is -5.18. The minimum absolute atomic E-state index is 0.0472. The Bertz CT molecular complexity index is 1750. The largest absolute Gasteiger partial charge is 0.365 e. The van der Waals surface area contributed by atoms with Crippen molar-refractivity contribution in [2.75, 3.05) is 11.9 Å². The first-order valence-corrected chi connectivity index (χ1v) is 13.6. The van der Waals surface area contributed by atoms with Crippen LogP contribution in [0.5, 0.6) is 0 Å². The van der Waals surface area contributed by atoms with Crippen LogP contribution in [0.1, 0.15) is 17.3 Å². The van der Waals surface area contributed by atoms with E-state index in [9.17, 15) is 9.59 Å². The van der Waals surface area contributed by atoms with Gasteiger partial charge in [-0.1, -0.05) is 30.3 Å². The zero-order valence-corrected chi connectivity index (χ0v) is 22.3. The molecule has 204 valence electrons. The molecule has 1 amide bonds. The molecule has 4 aromatic heterocycles. The number of aromatic nitrogens is 6. The molecule has 0 bridgehead atoms. The van der Waals surface area contributed by atoms with Gasteiger partial charge in [-0.3, -0.25) is 23.8 Å². The van der Waals surface area contributed by atoms with Crippen LogP contribution in [0.2, 0.25) is 12.6 Å². The number of anilines is 1. The number of amides is 1. The van der Waals surface area contributed by atoms with E-state index < -0.39 is 0 Å². The molecule has 3 N–H and O–H groups in total. The van der Waals surface area contributed by atoms with Crippen LogP contribution in [0.25, 0.3) is 22.2 Å². The average Bonchev–Trinajstić information content (AvgIpc) is 3.61. The normalized spacial score (nSPS) is 13.1. The molecular formula is C29H28BN9O2. The van der Waals surface area contributed by atoms with Gasteiger partial charge in [0.1, 0.15) is 6.54 Å². The summed E-state index contributed by atoms with van der Waals surface area (Å²) in [5.74, 6) is 2.16. The standard InChI is InChI=1S/C29H28BN9O2/c31-19-30-11-24(12-30)39-17-22(14-36-39)26-16-35-28(33-9-6-20-4-2-1-3-5-20)29(41)38(26)18-27(40)34-15-23-10-21-13-32-8-7-25(21)37-23/h1-5,7-8,10,13-14,16-17,24,37H,6,9,11-12,15,18H2,(H,33,35)(H,34,40). The van der Waals surface area contributed by atoms with Gasteiger partial charge in [-0.25, -0.2) is 10.2 Å². The van der Waals surface area contributed by atoms with Crippen molar-refractivity contribution < 1.29 is 4.79 Å². The molecule has 0 radical (unpaired) electrons. The highest BCUT2D eigenvalue weighted by Crippen LogP contribution is 2.33. The first kappa shape index (κ1) is 26.1. The highest BCUT2D eigenvalue weighted by Gasteiger charge is 2.35. The zero-order valence-electron chi connectivity index (χ0n) is 22.3. The Balaban J connectivity index is 1.21. The van der Waals surface area contributed by atoms with Crippen LogP contribution >= 0.6 is 0 Å². The first-order chi connectivity index (χ1) is 20.1. The van der Waals surface area contributed by atoms with Gasteiger partial charge < -0.3 is 15.6 Å². The third kappa shape index (κ3) is 5.74. The van der Waals surface area contributed by atoms with Gasteiger partial charge in [-0.2, -0.15) is 5.10 Å². The average molecular weight is 545 g/mol. The summed E-state index contributed by atoms with van der Waals surface area (Å²) < 4.78 is 3.26. The number of pyridine rings is 1. The molecule has 6 rings (SSSR count). The van der Waals surface area contributed by atoms with Crippen molar-refractivity contribution >= 4 is 29.3 Å². The molecule has 0 aliphatic carbocycles. The summed E-state index contributed by atoms with van der Waals surface area (Å²) in [6.07, 6.45) is 10.8. The van der Waals surface area contributed by atoms with E-state index >= 15 is 0 Å². The molecule has 1 aliphatic heterocycles. The highest BCUT2D eigenvalue weighted by molar-refractivity contribution is 6.69. The number of benzene rings is 1. The molecule has 5 aromatic rings. The fourth-order valence-electron chi connectivity index (χ4n) is 5.07. The Labute approximate surface area is 236 Å². The van der Waals surface area contributed by atoms with Crippen molar-refractivity contribution in [3.63, 3.8) is 0 Å². The number of nitrogens with zero attached hydrogens (tertiary/aromatic N) is 6. The Morgan fingerprint density at radius 3 is 2.83 bits per heavy atom. The summed E-state index contributed by atoms with van der Waals surface area (Å²) in [4.78, 5) is 38.5. The lowest BCUT2D eigenvalue weighted by Gasteiger charge is -2.28. The molecule has 0 atom stereocenters. The van der Waals surface area contributed by atoms with E-state index in [1.807, 2.05) is 53.3 Å². The molecule has 5 heterocycles. The zero-order chi connectivity index (χ0) is 28.2. The monoisotopic (exact) mass is 545 g/mol. The predicted molar refractivity (Wildman–Crippen MR) is 156 cm³/mol. The molecule has 1 aromatic carbocycles. The molecule has 1 fully saturated rings. The van der Waals surface area contributed by atoms with E-state index in [-0.39, 0.29) is 43.1 Å². The lowest BCUT2D eigenvalue weighted by molar-refractivity contribution is -0.121. The second kappa shape index (κ2) is 11.5. The van der Waals surface area contributed by atoms with Crippen molar-refractivity contribution in [2.45, 2.75) is 38.2 Å². The smallest absolute Gasteiger partial charge is 0.294 e. The summed E-state index contributed by atoms with van der Waals surface area (Å²) in [6.45, 7) is 0.666. The van der Waals surface area contributed by atoms with Gasteiger partial charge in [-0.05, 0) is 36.8 Å². The Morgan fingerprint density at radius 2 is 2.02 bits per heavy atom. The van der Waals surface area contributed by atoms with E-state index in [1.165, 1.54) is 4.57 Å². The first-order valence-electron chi connectivity index (χ1n) is 13.6. The minimum Gasteiger partial charge on any atom is -0.365 e. The second-order valence-corrected chi connectivity index (χ2v) is 10.2. The van der Waals surface area contributed by atoms with Gasteiger partial charge in [0.2, 0.25) is 5.91 Å². The van der Waals surface area contributed by atoms with Crippen molar-refractivity contribution in [1.82, 2.24) is 34.6 Å². The molecule has 0 saturated carbocycles. The van der Waals surface area contributed by atoms with Crippen LogP contribution in [0.4, 0.5) is 5.82 Å². The van der Waals surface area contributed by atoms with Crippen molar-refractivity contribution in [1.29, 1.82) is 5.26 Å². The lowest BCUT2D eigenvalue weighted by Crippen LogP contribution is -2.34. The number of aromatic amines is 1. The quantitative estimate of drug-likeness (QED) is 0.229. The maximum Gasteiger partial charge on any atom is 0.294 e. The topological polar surface area (TPSA) is 146 Å². The predicted octanol–water partition coefficient (Wildman–Crippen LogP) is 3.07. The molecule has 41 heavy (non-hydrogen) atoms. The molecule has 1 saturated heterocycles. The van der Waals surface area contributed by atoms with Crippen LogP contribution in [0.15, 0.2) is 78.2 Å². The number of fused-ring (bicyclic) bond motifs is 1.